The first-order valence-corrected chi connectivity index (χ1v) is 9.15. The molecule has 0 spiro atoms. The maximum atomic E-state index is 13.9. The van der Waals surface area contributed by atoms with Gasteiger partial charge in [0, 0.05) is 22.5 Å². The van der Waals surface area contributed by atoms with Gasteiger partial charge in [0.15, 0.2) is 7.14 Å². The van der Waals surface area contributed by atoms with Crippen molar-refractivity contribution in [2.24, 2.45) is 0 Å². The summed E-state index contributed by atoms with van der Waals surface area (Å²) in [6, 6.07) is 19.0. The molecule has 0 heterocycles. The van der Waals surface area contributed by atoms with E-state index in [-0.39, 0.29) is 6.61 Å². The van der Waals surface area contributed by atoms with Crippen molar-refractivity contribution < 1.29 is 9.67 Å². The summed E-state index contributed by atoms with van der Waals surface area (Å²) in [5, 5.41) is 11.3. The van der Waals surface area contributed by atoms with E-state index in [1.165, 1.54) is 0 Å². The molecule has 2 aromatic rings. The van der Waals surface area contributed by atoms with Crippen LogP contribution in [0, 0.1) is 0 Å². The summed E-state index contributed by atoms with van der Waals surface area (Å²) in [5.74, 6) is 0. The highest BCUT2D eigenvalue weighted by Crippen LogP contribution is 2.53. The predicted octanol–water partition coefficient (Wildman–Crippen LogP) is 3.83. The number of unbranched alkanes of at least 4 members (excludes halogenated alkanes) is 1. The third-order valence-corrected chi connectivity index (χ3v) is 6.84. The monoisotopic (exact) mass is 312 g/mol. The van der Waals surface area contributed by atoms with Crippen LogP contribution in [0.4, 0.5) is 0 Å². The Labute approximate surface area is 132 Å². The molecule has 0 atom stereocenters. The fraction of sp³-hybridized carbons (Fsp3) is 0.211. The minimum Gasteiger partial charge on any atom is -0.396 e. The van der Waals surface area contributed by atoms with E-state index in [0.717, 1.165) is 22.3 Å². The Hall–Kier alpha value is -1.85. The van der Waals surface area contributed by atoms with E-state index in [4.69, 9.17) is 5.11 Å². The first-order valence-electron chi connectivity index (χ1n) is 7.45. The Morgan fingerprint density at radius 3 is 1.86 bits per heavy atom. The molecule has 1 N–H and O–H groups in total. The average Bonchev–Trinajstić information content (AvgIpc) is 2.60. The summed E-state index contributed by atoms with van der Waals surface area (Å²) < 4.78 is 13.9. The Kier molecular flexibility index (Phi) is 5.98. The zero-order valence-corrected chi connectivity index (χ0v) is 13.5. The van der Waals surface area contributed by atoms with Gasteiger partial charge in [0.1, 0.15) is 0 Å². The molecule has 0 aliphatic carbocycles. The summed E-state index contributed by atoms with van der Waals surface area (Å²) in [6.45, 7) is 3.90. The highest BCUT2D eigenvalue weighted by molar-refractivity contribution is 7.82. The van der Waals surface area contributed by atoms with Crippen LogP contribution in [0.2, 0.25) is 0 Å². The number of rotatable bonds is 7. The molecule has 22 heavy (non-hydrogen) atoms. The molecule has 2 rings (SSSR count). The summed E-state index contributed by atoms with van der Waals surface area (Å²) in [7, 11) is -2.91. The Morgan fingerprint density at radius 2 is 1.45 bits per heavy atom. The molecule has 0 aromatic heterocycles. The van der Waals surface area contributed by atoms with Gasteiger partial charge in [-0.15, -0.1) is 5.73 Å². The van der Waals surface area contributed by atoms with Gasteiger partial charge in [-0.05, 0) is 19.3 Å². The van der Waals surface area contributed by atoms with Crippen molar-refractivity contribution in [3.8, 4) is 0 Å². The largest absolute Gasteiger partial charge is 0.396 e. The van der Waals surface area contributed by atoms with Gasteiger partial charge in [-0.3, -0.25) is 0 Å². The van der Waals surface area contributed by atoms with Crippen LogP contribution in [-0.2, 0) is 4.57 Å². The molecule has 0 saturated carbocycles. The van der Waals surface area contributed by atoms with E-state index in [9.17, 15) is 4.57 Å². The summed E-state index contributed by atoms with van der Waals surface area (Å²) >= 11 is 0. The molecule has 0 bridgehead atoms. The van der Waals surface area contributed by atoms with Crippen LogP contribution in [-0.4, -0.2) is 11.7 Å². The summed E-state index contributed by atoms with van der Waals surface area (Å²) in [5.41, 5.74) is 2.92. The number of aliphatic hydroxyl groups excluding tert-OH is 1. The molecule has 0 unspecified atom stereocenters. The second-order valence-electron chi connectivity index (χ2n) is 5.08. The average molecular weight is 312 g/mol. The van der Waals surface area contributed by atoms with E-state index in [1.54, 1.807) is 0 Å². The molecular formula is C19H21O2P. The Balaban J connectivity index is 2.51. The van der Waals surface area contributed by atoms with Gasteiger partial charge >= 0.3 is 0 Å². The van der Waals surface area contributed by atoms with Crippen LogP contribution in [0.1, 0.15) is 19.3 Å². The van der Waals surface area contributed by atoms with Gasteiger partial charge in [0.2, 0.25) is 0 Å². The van der Waals surface area contributed by atoms with Gasteiger partial charge in [0.25, 0.3) is 0 Å². The van der Waals surface area contributed by atoms with Crippen LogP contribution in [0.3, 0.4) is 0 Å². The van der Waals surface area contributed by atoms with Gasteiger partial charge in [0.05, 0.1) is 0 Å². The summed E-state index contributed by atoms with van der Waals surface area (Å²) in [6.07, 6.45) is 2.10. The van der Waals surface area contributed by atoms with E-state index >= 15 is 0 Å². The zero-order chi connectivity index (χ0) is 15.8. The lowest BCUT2D eigenvalue weighted by Gasteiger charge is -2.21. The normalized spacial score (nSPS) is 11.0. The van der Waals surface area contributed by atoms with Crippen LogP contribution in [0.5, 0.6) is 0 Å². The van der Waals surface area contributed by atoms with Crippen molar-refractivity contribution in [2.45, 2.75) is 19.3 Å². The molecular weight excluding hydrogens is 291 g/mol. The number of hydrogen-bond donors (Lipinski definition) is 1. The fourth-order valence-electron chi connectivity index (χ4n) is 2.50. The Bertz CT molecular complexity index is 642. The second kappa shape index (κ2) is 7.96. The van der Waals surface area contributed by atoms with Crippen LogP contribution < -0.4 is 10.6 Å². The number of aliphatic hydroxyl groups is 1. The van der Waals surface area contributed by atoms with Gasteiger partial charge in [-0.25, -0.2) is 0 Å². The third kappa shape index (κ3) is 3.48. The first kappa shape index (κ1) is 16.5. The van der Waals surface area contributed by atoms with Crippen molar-refractivity contribution in [3.63, 3.8) is 0 Å². The van der Waals surface area contributed by atoms with E-state index in [0.29, 0.717) is 12.8 Å². The number of hydrogen-bond acceptors (Lipinski definition) is 2. The zero-order valence-electron chi connectivity index (χ0n) is 12.6. The highest BCUT2D eigenvalue weighted by Gasteiger charge is 2.31. The van der Waals surface area contributed by atoms with Crippen molar-refractivity contribution in [3.05, 3.63) is 78.3 Å². The van der Waals surface area contributed by atoms with E-state index < -0.39 is 7.14 Å². The molecule has 0 aliphatic rings. The van der Waals surface area contributed by atoms with E-state index in [1.807, 2.05) is 60.7 Å². The minimum atomic E-state index is -2.91. The fourth-order valence-corrected chi connectivity index (χ4v) is 5.30. The van der Waals surface area contributed by atoms with Crippen molar-refractivity contribution in [1.82, 2.24) is 0 Å². The van der Waals surface area contributed by atoms with Crippen LogP contribution >= 0.6 is 7.14 Å². The van der Waals surface area contributed by atoms with E-state index in [2.05, 4.69) is 12.3 Å². The smallest absolute Gasteiger partial charge is 0.174 e. The molecule has 114 valence electrons. The molecule has 0 amide bonds. The van der Waals surface area contributed by atoms with Gasteiger partial charge in [-0.1, -0.05) is 67.2 Å². The topological polar surface area (TPSA) is 37.3 Å². The molecule has 2 aromatic carbocycles. The molecule has 0 fully saturated rings. The van der Waals surface area contributed by atoms with Gasteiger partial charge in [-0.2, -0.15) is 0 Å². The Morgan fingerprint density at radius 1 is 0.955 bits per heavy atom. The van der Waals surface area contributed by atoms with Crippen molar-refractivity contribution in [1.29, 1.82) is 0 Å². The molecule has 0 saturated heterocycles. The SMILES string of the molecule is C=C=C(CCCCO)P(=O)(c1ccccc1)c1ccccc1. The lowest BCUT2D eigenvalue weighted by atomic mass is 10.2. The van der Waals surface area contributed by atoms with Crippen LogP contribution in [0.25, 0.3) is 0 Å². The first-order chi connectivity index (χ1) is 10.7. The molecule has 2 nitrogen and oxygen atoms in total. The number of allylic oxidation sites excluding steroid dienone is 1. The summed E-state index contributed by atoms with van der Waals surface area (Å²) in [4.78, 5) is 0. The van der Waals surface area contributed by atoms with Crippen molar-refractivity contribution in [2.75, 3.05) is 6.61 Å². The highest BCUT2D eigenvalue weighted by atomic mass is 31.2. The van der Waals surface area contributed by atoms with Crippen LogP contribution in [0.15, 0.2) is 78.3 Å². The van der Waals surface area contributed by atoms with Gasteiger partial charge < -0.3 is 9.67 Å². The standard InChI is InChI=1S/C19H21O2P/c1-2-17(11-9-10-16-20)22(21,18-12-5-3-6-13-18)19-14-7-4-8-15-19/h3-8,12-15,20H,1,9-11,16H2. The maximum Gasteiger partial charge on any atom is 0.174 e. The predicted molar refractivity (Wildman–Crippen MR) is 93.3 cm³/mol. The third-order valence-electron chi connectivity index (χ3n) is 3.65. The molecule has 0 aliphatic heterocycles. The minimum absolute atomic E-state index is 0.144. The maximum absolute atomic E-state index is 13.9. The lowest BCUT2D eigenvalue weighted by Crippen LogP contribution is -2.17. The molecule has 0 radical (unpaired) electrons. The quantitative estimate of drug-likeness (QED) is 0.479. The second-order valence-corrected chi connectivity index (χ2v) is 7.88. The number of benzene rings is 2. The van der Waals surface area contributed by atoms with Crippen molar-refractivity contribution >= 4 is 17.8 Å². The lowest BCUT2D eigenvalue weighted by molar-refractivity contribution is 0.285. The molecule has 3 heteroatoms.